The van der Waals surface area contributed by atoms with Crippen molar-refractivity contribution in [2.75, 3.05) is 24.4 Å². The molecular formula is C22H30O5S2. The van der Waals surface area contributed by atoms with Crippen molar-refractivity contribution in [2.24, 2.45) is 5.92 Å². The monoisotopic (exact) mass is 438 g/mol. The molecule has 0 radical (unpaired) electrons. The molecule has 160 valence electrons. The minimum Gasteiger partial charge on any atom is -0.392 e. The van der Waals surface area contributed by atoms with Crippen LogP contribution >= 0.6 is 23.5 Å². The highest BCUT2D eigenvalue weighted by Gasteiger charge is 2.40. The molecule has 7 heteroatoms. The average Bonchev–Trinajstić information content (AvgIpc) is 2.96. The van der Waals surface area contributed by atoms with Crippen LogP contribution in [-0.2, 0) is 27.4 Å². The highest BCUT2D eigenvalue weighted by atomic mass is 32.2. The smallest absolute Gasteiger partial charge is 0.149 e. The summed E-state index contributed by atoms with van der Waals surface area (Å²) in [5.74, 6) is 2.00. The van der Waals surface area contributed by atoms with Gasteiger partial charge in [-0.25, -0.2) is 0 Å². The number of ether oxygens (including phenoxy) is 1. The second-order valence-corrected chi connectivity index (χ2v) is 9.51. The number of methoxy groups -OCH3 is 1. The van der Waals surface area contributed by atoms with Crippen LogP contribution in [-0.4, -0.2) is 64.1 Å². The van der Waals surface area contributed by atoms with E-state index < -0.39 is 12.2 Å². The van der Waals surface area contributed by atoms with E-state index in [1.54, 1.807) is 42.8 Å². The molecule has 0 bridgehead atoms. The number of benzene rings is 1. The van der Waals surface area contributed by atoms with Crippen molar-refractivity contribution in [1.82, 2.24) is 0 Å². The van der Waals surface area contributed by atoms with Crippen LogP contribution in [0.5, 0.6) is 0 Å². The van der Waals surface area contributed by atoms with Gasteiger partial charge in [-0.1, -0.05) is 36.4 Å². The Morgan fingerprint density at radius 1 is 1.31 bits per heavy atom. The van der Waals surface area contributed by atoms with Crippen LogP contribution in [0.1, 0.15) is 24.0 Å². The quantitative estimate of drug-likeness (QED) is 0.278. The van der Waals surface area contributed by atoms with Gasteiger partial charge >= 0.3 is 0 Å². The lowest BCUT2D eigenvalue weighted by Crippen LogP contribution is -2.22. The molecule has 0 heterocycles. The van der Waals surface area contributed by atoms with Gasteiger partial charge < -0.3 is 19.7 Å². The minimum absolute atomic E-state index is 0.0689. The summed E-state index contributed by atoms with van der Waals surface area (Å²) in [4.78, 5) is 22.6. The molecule has 1 aliphatic rings. The molecule has 1 aromatic rings. The molecule has 0 aliphatic heterocycles. The Hall–Kier alpha value is -1.12. The molecule has 4 atom stereocenters. The normalized spacial score (nSPS) is 23.0. The predicted octanol–water partition coefficient (Wildman–Crippen LogP) is 2.67. The summed E-state index contributed by atoms with van der Waals surface area (Å²) in [6, 6.07) is 7.90. The van der Waals surface area contributed by atoms with Gasteiger partial charge in [-0.05, 0) is 29.1 Å². The molecule has 1 aliphatic carbocycles. The number of carbonyl (C=O) groups excluding carboxylic acids is 2. The van der Waals surface area contributed by atoms with E-state index in [1.807, 2.05) is 24.3 Å². The summed E-state index contributed by atoms with van der Waals surface area (Å²) >= 11 is 3.15. The van der Waals surface area contributed by atoms with Gasteiger partial charge in [0.15, 0.2) is 0 Å². The van der Waals surface area contributed by atoms with Gasteiger partial charge in [-0.2, -0.15) is 11.8 Å². The molecule has 0 spiro atoms. The van der Waals surface area contributed by atoms with E-state index in [-0.39, 0.29) is 23.4 Å². The third-order valence-electron chi connectivity index (χ3n) is 4.74. The van der Waals surface area contributed by atoms with Gasteiger partial charge in [0.05, 0.1) is 24.1 Å². The van der Waals surface area contributed by atoms with Crippen LogP contribution in [0.2, 0.25) is 0 Å². The zero-order chi connectivity index (χ0) is 21.1. The second kappa shape index (κ2) is 13.2. The molecule has 29 heavy (non-hydrogen) atoms. The van der Waals surface area contributed by atoms with Crippen LogP contribution in [0.3, 0.4) is 0 Å². The lowest BCUT2D eigenvalue weighted by atomic mass is 10.0. The van der Waals surface area contributed by atoms with Crippen LogP contribution < -0.4 is 0 Å². The van der Waals surface area contributed by atoms with Gasteiger partial charge in [0.25, 0.3) is 0 Å². The second-order valence-electron chi connectivity index (χ2n) is 7.11. The van der Waals surface area contributed by atoms with Crippen LogP contribution in [0.15, 0.2) is 36.4 Å². The molecule has 1 aromatic carbocycles. The van der Waals surface area contributed by atoms with Crippen molar-refractivity contribution in [3.05, 3.63) is 47.5 Å². The summed E-state index contributed by atoms with van der Waals surface area (Å²) in [6.45, 7) is 0.530. The van der Waals surface area contributed by atoms with Crippen molar-refractivity contribution in [3.63, 3.8) is 0 Å². The largest absolute Gasteiger partial charge is 0.392 e. The van der Waals surface area contributed by atoms with Crippen LogP contribution in [0, 0.1) is 5.92 Å². The fraction of sp³-hybridized carbons (Fsp3) is 0.545. The number of aldehydes is 1. The molecule has 2 N–H and O–H groups in total. The molecule has 0 amide bonds. The Morgan fingerprint density at radius 2 is 2.10 bits per heavy atom. The lowest BCUT2D eigenvalue weighted by Gasteiger charge is -2.17. The molecule has 0 unspecified atom stereocenters. The van der Waals surface area contributed by atoms with E-state index in [9.17, 15) is 19.8 Å². The van der Waals surface area contributed by atoms with Gasteiger partial charge in [0.2, 0.25) is 0 Å². The Kier molecular flexibility index (Phi) is 11.0. The Balaban J connectivity index is 1.87. The molecule has 0 saturated heterocycles. The zero-order valence-corrected chi connectivity index (χ0v) is 18.4. The standard InChI is InChI=1S/C22H30O5S2/c1-27-15-17-5-2-4-16(12-17)13-18(24)6-7-19-20(25)14-21(26)22(19)29-10-3-9-28-11-8-23/h2,4-8,12,18-20,22,24-25H,3,9-11,13-15H2,1H3/b7-6+/t18-,19+,20-,22-/m1/s1. The summed E-state index contributed by atoms with van der Waals surface area (Å²) in [5, 5.41) is 20.4. The van der Waals surface area contributed by atoms with E-state index >= 15 is 0 Å². The number of ketones is 1. The van der Waals surface area contributed by atoms with E-state index in [4.69, 9.17) is 4.74 Å². The lowest BCUT2D eigenvalue weighted by molar-refractivity contribution is -0.117. The Morgan fingerprint density at radius 3 is 2.86 bits per heavy atom. The van der Waals surface area contributed by atoms with Crippen molar-refractivity contribution in [1.29, 1.82) is 0 Å². The summed E-state index contributed by atoms with van der Waals surface area (Å²) < 4.78 is 5.14. The van der Waals surface area contributed by atoms with Gasteiger partial charge in [0, 0.05) is 31.6 Å². The maximum absolute atomic E-state index is 12.3. The van der Waals surface area contributed by atoms with Crippen molar-refractivity contribution in [2.45, 2.75) is 43.3 Å². The Bertz CT molecular complexity index is 679. The molecule has 1 saturated carbocycles. The third-order valence-corrected chi connectivity index (χ3v) is 7.15. The SMILES string of the molecule is COCc1cccc(C[C@H](O)/C=C/[C@H]2[C@H](O)CC(=O)[C@@H]2SCCCSCC=O)c1. The van der Waals surface area contributed by atoms with Gasteiger partial charge in [0.1, 0.15) is 12.1 Å². The molecule has 2 rings (SSSR count). The van der Waals surface area contributed by atoms with Gasteiger partial charge in [-0.3, -0.25) is 4.79 Å². The number of hydrogen-bond acceptors (Lipinski definition) is 7. The minimum atomic E-state index is -0.696. The van der Waals surface area contributed by atoms with Crippen molar-refractivity contribution < 1.29 is 24.5 Å². The number of rotatable bonds is 13. The fourth-order valence-corrected chi connectivity index (χ4v) is 5.53. The number of thioether (sulfide) groups is 2. The Labute approximate surface area is 181 Å². The van der Waals surface area contributed by atoms with Gasteiger partial charge in [-0.15, -0.1) is 11.8 Å². The maximum Gasteiger partial charge on any atom is 0.149 e. The van der Waals surface area contributed by atoms with E-state index in [2.05, 4.69) is 0 Å². The number of hydrogen-bond donors (Lipinski definition) is 2. The number of aliphatic hydroxyl groups is 2. The van der Waals surface area contributed by atoms with Crippen LogP contribution in [0.25, 0.3) is 0 Å². The van der Waals surface area contributed by atoms with Crippen LogP contribution in [0.4, 0.5) is 0 Å². The topological polar surface area (TPSA) is 83.8 Å². The first-order valence-electron chi connectivity index (χ1n) is 9.82. The molecule has 5 nitrogen and oxygen atoms in total. The molecule has 1 fully saturated rings. The molecule has 0 aromatic heterocycles. The molecular weight excluding hydrogens is 408 g/mol. The van der Waals surface area contributed by atoms with Crippen molar-refractivity contribution >= 4 is 35.6 Å². The highest BCUT2D eigenvalue weighted by molar-refractivity contribution is 8.01. The average molecular weight is 439 g/mol. The third kappa shape index (κ3) is 8.26. The highest BCUT2D eigenvalue weighted by Crippen LogP contribution is 2.34. The fourth-order valence-electron chi connectivity index (χ4n) is 3.39. The number of Topliss-reactive ketones (excluding diaryl/α,β-unsaturated/α-hetero) is 1. The summed E-state index contributed by atoms with van der Waals surface area (Å²) in [5.41, 5.74) is 2.07. The number of aliphatic hydroxyl groups excluding tert-OH is 2. The van der Waals surface area contributed by atoms with E-state index in [0.29, 0.717) is 18.8 Å². The van der Waals surface area contributed by atoms with Crippen molar-refractivity contribution in [3.8, 4) is 0 Å². The van der Waals surface area contributed by atoms with E-state index in [1.165, 1.54) is 0 Å². The first-order valence-corrected chi connectivity index (χ1v) is 12.0. The first-order chi connectivity index (χ1) is 14.0. The van der Waals surface area contributed by atoms with E-state index in [0.717, 1.165) is 35.3 Å². The maximum atomic E-state index is 12.3. The predicted molar refractivity (Wildman–Crippen MR) is 119 cm³/mol. The summed E-state index contributed by atoms with van der Waals surface area (Å²) in [6.07, 6.45) is 4.58. The zero-order valence-electron chi connectivity index (χ0n) is 16.7. The summed E-state index contributed by atoms with van der Waals surface area (Å²) in [7, 11) is 1.65. The first kappa shape index (κ1) is 24.2. The number of carbonyl (C=O) groups is 2.